The van der Waals surface area contributed by atoms with Crippen molar-refractivity contribution in [1.29, 1.82) is 0 Å². The minimum atomic E-state index is -0.286. The standard InChI is InChI=1S/C22H21FN4O/c1-2-21(28)24-13-17-7-10-19(16-5-8-18(23)9-6-16)25-22(17)20-11-12-27(26-20)14-15-3-4-15/h2,5-12,15H,1,3-4,13-14H2,(H,24,28). The fourth-order valence-corrected chi connectivity index (χ4v) is 3.04. The Hall–Kier alpha value is -3.28. The summed E-state index contributed by atoms with van der Waals surface area (Å²) in [6, 6.07) is 12.0. The van der Waals surface area contributed by atoms with Gasteiger partial charge in [0.05, 0.1) is 11.4 Å². The second-order valence-corrected chi connectivity index (χ2v) is 7.00. The zero-order valence-electron chi connectivity index (χ0n) is 15.4. The van der Waals surface area contributed by atoms with Gasteiger partial charge in [-0.3, -0.25) is 9.48 Å². The quantitative estimate of drug-likeness (QED) is 0.635. The maximum absolute atomic E-state index is 13.3. The molecule has 0 spiro atoms. The molecule has 0 atom stereocenters. The Balaban J connectivity index is 1.68. The Labute approximate surface area is 162 Å². The van der Waals surface area contributed by atoms with E-state index in [1.54, 1.807) is 12.1 Å². The van der Waals surface area contributed by atoms with Crippen LogP contribution in [-0.4, -0.2) is 20.7 Å². The lowest BCUT2D eigenvalue weighted by atomic mass is 10.1. The lowest BCUT2D eigenvalue weighted by Gasteiger charge is -2.10. The van der Waals surface area contributed by atoms with Gasteiger partial charge in [0.2, 0.25) is 5.91 Å². The normalized spacial score (nSPS) is 13.3. The molecule has 1 N–H and O–H groups in total. The maximum Gasteiger partial charge on any atom is 0.243 e. The van der Waals surface area contributed by atoms with Crippen molar-refractivity contribution in [3.63, 3.8) is 0 Å². The largest absolute Gasteiger partial charge is 0.348 e. The summed E-state index contributed by atoms with van der Waals surface area (Å²) < 4.78 is 15.2. The van der Waals surface area contributed by atoms with E-state index in [2.05, 4.69) is 17.0 Å². The number of rotatable bonds is 7. The number of pyridine rings is 1. The van der Waals surface area contributed by atoms with Crippen LogP contribution in [0.5, 0.6) is 0 Å². The van der Waals surface area contributed by atoms with E-state index in [9.17, 15) is 9.18 Å². The number of hydrogen-bond acceptors (Lipinski definition) is 3. The predicted molar refractivity (Wildman–Crippen MR) is 106 cm³/mol. The van der Waals surface area contributed by atoms with Crippen LogP contribution in [0.25, 0.3) is 22.6 Å². The molecule has 0 unspecified atom stereocenters. The molecular weight excluding hydrogens is 355 g/mol. The zero-order valence-corrected chi connectivity index (χ0v) is 15.4. The lowest BCUT2D eigenvalue weighted by molar-refractivity contribution is -0.116. The molecule has 0 aliphatic heterocycles. The number of carbonyl (C=O) groups excluding carboxylic acids is 1. The van der Waals surface area contributed by atoms with E-state index in [0.717, 1.165) is 35.0 Å². The minimum Gasteiger partial charge on any atom is -0.348 e. The van der Waals surface area contributed by atoms with Gasteiger partial charge in [0, 0.05) is 24.8 Å². The highest BCUT2D eigenvalue weighted by molar-refractivity contribution is 5.86. The highest BCUT2D eigenvalue weighted by Crippen LogP contribution is 2.31. The number of hydrogen-bond donors (Lipinski definition) is 1. The van der Waals surface area contributed by atoms with Crippen molar-refractivity contribution < 1.29 is 9.18 Å². The molecule has 1 fully saturated rings. The Morgan fingerprint density at radius 3 is 2.68 bits per heavy atom. The first kappa shape index (κ1) is 18.1. The molecule has 1 aliphatic rings. The van der Waals surface area contributed by atoms with E-state index in [1.165, 1.54) is 31.1 Å². The van der Waals surface area contributed by atoms with Crippen LogP contribution in [0.2, 0.25) is 0 Å². The number of aromatic nitrogens is 3. The first-order chi connectivity index (χ1) is 13.6. The van der Waals surface area contributed by atoms with Crippen molar-refractivity contribution in [3.8, 4) is 22.6 Å². The molecule has 1 amide bonds. The predicted octanol–water partition coefficient (Wildman–Crippen LogP) is 3.96. The smallest absolute Gasteiger partial charge is 0.243 e. The van der Waals surface area contributed by atoms with Gasteiger partial charge in [0.1, 0.15) is 11.5 Å². The van der Waals surface area contributed by atoms with Crippen molar-refractivity contribution >= 4 is 5.91 Å². The molecular formula is C22H21FN4O. The third-order valence-corrected chi connectivity index (χ3v) is 4.78. The number of carbonyl (C=O) groups is 1. The van der Waals surface area contributed by atoms with Gasteiger partial charge in [-0.15, -0.1) is 0 Å². The fourth-order valence-electron chi connectivity index (χ4n) is 3.04. The van der Waals surface area contributed by atoms with Gasteiger partial charge in [-0.1, -0.05) is 12.6 Å². The zero-order chi connectivity index (χ0) is 19.5. The second-order valence-electron chi connectivity index (χ2n) is 7.00. The van der Waals surface area contributed by atoms with Gasteiger partial charge in [0.25, 0.3) is 0 Å². The SMILES string of the molecule is C=CC(=O)NCc1ccc(-c2ccc(F)cc2)nc1-c1ccn(CC2CC2)n1. The summed E-state index contributed by atoms with van der Waals surface area (Å²) in [6.45, 7) is 4.72. The summed E-state index contributed by atoms with van der Waals surface area (Å²) in [7, 11) is 0. The maximum atomic E-state index is 13.3. The highest BCUT2D eigenvalue weighted by Gasteiger charge is 2.22. The molecule has 0 bridgehead atoms. The number of halogens is 1. The molecule has 6 heteroatoms. The Bertz CT molecular complexity index is 1010. The molecule has 0 radical (unpaired) electrons. The van der Waals surface area contributed by atoms with Crippen LogP contribution in [0.4, 0.5) is 4.39 Å². The number of benzene rings is 1. The molecule has 1 aliphatic carbocycles. The van der Waals surface area contributed by atoms with Crippen LogP contribution in [0.3, 0.4) is 0 Å². The molecule has 28 heavy (non-hydrogen) atoms. The van der Waals surface area contributed by atoms with E-state index in [1.807, 2.05) is 29.1 Å². The van der Waals surface area contributed by atoms with Crippen molar-refractivity contribution in [1.82, 2.24) is 20.1 Å². The molecule has 2 aromatic heterocycles. The van der Waals surface area contributed by atoms with E-state index in [0.29, 0.717) is 12.2 Å². The van der Waals surface area contributed by atoms with Gasteiger partial charge in [-0.25, -0.2) is 9.37 Å². The summed E-state index contributed by atoms with van der Waals surface area (Å²) >= 11 is 0. The number of nitrogens with zero attached hydrogens (tertiary/aromatic N) is 3. The van der Waals surface area contributed by atoms with Crippen LogP contribution in [0, 0.1) is 11.7 Å². The van der Waals surface area contributed by atoms with Gasteiger partial charge >= 0.3 is 0 Å². The first-order valence-corrected chi connectivity index (χ1v) is 9.32. The van der Waals surface area contributed by atoms with Gasteiger partial charge in [-0.2, -0.15) is 5.10 Å². The molecule has 5 nitrogen and oxygen atoms in total. The topological polar surface area (TPSA) is 59.8 Å². The van der Waals surface area contributed by atoms with Crippen LogP contribution in [-0.2, 0) is 17.9 Å². The summed E-state index contributed by atoms with van der Waals surface area (Å²) in [6.07, 6.45) is 5.72. The monoisotopic (exact) mass is 376 g/mol. The van der Waals surface area contributed by atoms with E-state index < -0.39 is 0 Å². The van der Waals surface area contributed by atoms with Crippen LogP contribution < -0.4 is 5.32 Å². The Kier molecular flexibility index (Phi) is 5.02. The molecule has 142 valence electrons. The summed E-state index contributed by atoms with van der Waals surface area (Å²) in [5, 5.41) is 7.47. The molecule has 2 heterocycles. The molecule has 0 saturated heterocycles. The van der Waals surface area contributed by atoms with Crippen molar-refractivity contribution in [2.75, 3.05) is 0 Å². The fraction of sp³-hybridized carbons (Fsp3) is 0.227. The summed E-state index contributed by atoms with van der Waals surface area (Å²) in [5.74, 6) is 0.192. The minimum absolute atomic E-state index is 0.243. The summed E-state index contributed by atoms with van der Waals surface area (Å²) in [5.41, 5.74) is 3.87. The van der Waals surface area contributed by atoms with E-state index >= 15 is 0 Å². The molecule has 1 aromatic carbocycles. The van der Waals surface area contributed by atoms with Gasteiger partial charge in [-0.05, 0) is 66.8 Å². The van der Waals surface area contributed by atoms with E-state index in [4.69, 9.17) is 4.98 Å². The average molecular weight is 376 g/mol. The molecule has 3 aromatic rings. The summed E-state index contributed by atoms with van der Waals surface area (Å²) in [4.78, 5) is 16.4. The number of amides is 1. The third-order valence-electron chi connectivity index (χ3n) is 4.78. The van der Waals surface area contributed by atoms with Crippen LogP contribution >= 0.6 is 0 Å². The second kappa shape index (κ2) is 7.76. The van der Waals surface area contributed by atoms with Crippen molar-refractivity contribution in [2.45, 2.75) is 25.9 Å². The van der Waals surface area contributed by atoms with Crippen molar-refractivity contribution in [3.05, 3.63) is 72.7 Å². The van der Waals surface area contributed by atoms with Crippen LogP contribution in [0.1, 0.15) is 18.4 Å². The third kappa shape index (κ3) is 4.17. The van der Waals surface area contributed by atoms with Gasteiger partial charge < -0.3 is 5.32 Å². The van der Waals surface area contributed by atoms with Crippen LogP contribution in [0.15, 0.2) is 61.3 Å². The first-order valence-electron chi connectivity index (χ1n) is 9.32. The average Bonchev–Trinajstić information content (AvgIpc) is 3.41. The molecule has 4 rings (SSSR count). The molecule has 1 saturated carbocycles. The lowest BCUT2D eigenvalue weighted by Crippen LogP contribution is -2.20. The Morgan fingerprint density at radius 1 is 1.18 bits per heavy atom. The highest BCUT2D eigenvalue weighted by atomic mass is 19.1. The number of nitrogens with one attached hydrogen (secondary N) is 1. The van der Waals surface area contributed by atoms with Crippen molar-refractivity contribution in [2.24, 2.45) is 5.92 Å². The Morgan fingerprint density at radius 2 is 1.96 bits per heavy atom. The van der Waals surface area contributed by atoms with E-state index in [-0.39, 0.29) is 11.7 Å². The van der Waals surface area contributed by atoms with Gasteiger partial charge in [0.15, 0.2) is 0 Å².